The number of hydrogen-bond donors (Lipinski definition) is 1. The maximum Gasteiger partial charge on any atom is 0.123 e. The van der Waals surface area contributed by atoms with E-state index in [1.165, 1.54) is 17.5 Å². The second kappa shape index (κ2) is 4.62. The van der Waals surface area contributed by atoms with Gasteiger partial charge < -0.3 is 5.43 Å². The van der Waals surface area contributed by atoms with E-state index in [1.807, 2.05) is 17.7 Å². The minimum absolute atomic E-state index is 0.181. The molecule has 0 aliphatic carbocycles. The van der Waals surface area contributed by atoms with Crippen molar-refractivity contribution in [1.82, 2.24) is 4.68 Å². The summed E-state index contributed by atoms with van der Waals surface area (Å²) in [6, 6.07) is 9.03. The molecule has 0 atom stereocenters. The molecule has 0 spiro atoms. The van der Waals surface area contributed by atoms with Crippen LogP contribution in [0.2, 0.25) is 0 Å². The molecule has 3 heteroatoms. The third-order valence-corrected chi connectivity index (χ3v) is 3.00. The molecule has 0 unspecified atom stereocenters. The first-order chi connectivity index (χ1) is 8.08. The quantitative estimate of drug-likeness (QED) is 0.859. The standard InChI is InChI=1S/C14H17FN2/c1-10-8-14(15)7-6-13(10)9-16-17-11(2)4-5-12(17)3/h4-8,16H,9H2,1-3H3. The SMILES string of the molecule is Cc1cc(F)ccc1CNn1c(C)ccc1C. The van der Waals surface area contributed by atoms with Crippen LogP contribution in [0.15, 0.2) is 30.3 Å². The van der Waals surface area contributed by atoms with Crippen molar-refractivity contribution < 1.29 is 4.39 Å². The van der Waals surface area contributed by atoms with Crippen molar-refractivity contribution in [2.75, 3.05) is 5.43 Å². The zero-order valence-electron chi connectivity index (χ0n) is 10.4. The third kappa shape index (κ3) is 2.49. The lowest BCUT2D eigenvalue weighted by molar-refractivity contribution is 0.625. The lowest BCUT2D eigenvalue weighted by Gasteiger charge is -2.14. The lowest BCUT2D eigenvalue weighted by Crippen LogP contribution is -2.17. The Balaban J connectivity index is 2.13. The summed E-state index contributed by atoms with van der Waals surface area (Å²) in [5, 5.41) is 0. The predicted octanol–water partition coefficient (Wildman–Crippen LogP) is 3.30. The van der Waals surface area contributed by atoms with Crippen LogP contribution in [0.4, 0.5) is 4.39 Å². The van der Waals surface area contributed by atoms with Crippen LogP contribution in [0, 0.1) is 26.6 Å². The first kappa shape index (κ1) is 11.7. The number of hydrogen-bond acceptors (Lipinski definition) is 1. The van der Waals surface area contributed by atoms with E-state index in [-0.39, 0.29) is 5.82 Å². The van der Waals surface area contributed by atoms with Crippen molar-refractivity contribution in [3.63, 3.8) is 0 Å². The van der Waals surface area contributed by atoms with Crippen molar-refractivity contribution in [2.45, 2.75) is 27.3 Å². The van der Waals surface area contributed by atoms with E-state index in [0.29, 0.717) is 6.54 Å². The molecule has 1 N–H and O–H groups in total. The molecule has 17 heavy (non-hydrogen) atoms. The maximum atomic E-state index is 13.0. The van der Waals surface area contributed by atoms with E-state index in [0.717, 1.165) is 11.1 Å². The van der Waals surface area contributed by atoms with Crippen molar-refractivity contribution in [3.05, 3.63) is 58.7 Å². The highest BCUT2D eigenvalue weighted by molar-refractivity contribution is 5.27. The molecule has 1 heterocycles. The van der Waals surface area contributed by atoms with Gasteiger partial charge in [-0.3, -0.25) is 4.68 Å². The predicted molar refractivity (Wildman–Crippen MR) is 68.1 cm³/mol. The highest BCUT2D eigenvalue weighted by atomic mass is 19.1. The number of nitrogens with one attached hydrogen (secondary N) is 1. The van der Waals surface area contributed by atoms with E-state index >= 15 is 0 Å². The molecule has 0 bridgehead atoms. The fourth-order valence-corrected chi connectivity index (χ4v) is 1.94. The fourth-order valence-electron chi connectivity index (χ4n) is 1.94. The van der Waals surface area contributed by atoms with Crippen molar-refractivity contribution in [3.8, 4) is 0 Å². The molecule has 0 saturated carbocycles. The van der Waals surface area contributed by atoms with Crippen LogP contribution >= 0.6 is 0 Å². The van der Waals surface area contributed by atoms with Crippen LogP contribution in [0.3, 0.4) is 0 Å². The molecule has 2 aromatic rings. The van der Waals surface area contributed by atoms with Gasteiger partial charge >= 0.3 is 0 Å². The van der Waals surface area contributed by atoms with Gasteiger partial charge in [0.1, 0.15) is 5.82 Å². The zero-order chi connectivity index (χ0) is 12.4. The number of nitrogens with zero attached hydrogens (tertiary/aromatic N) is 1. The molecule has 1 aromatic carbocycles. The Morgan fingerprint density at radius 2 is 1.71 bits per heavy atom. The molecule has 1 aromatic heterocycles. The lowest BCUT2D eigenvalue weighted by atomic mass is 10.1. The Bertz CT molecular complexity index is 510. The summed E-state index contributed by atoms with van der Waals surface area (Å²) < 4.78 is 15.0. The van der Waals surface area contributed by atoms with Gasteiger partial charge in [0.2, 0.25) is 0 Å². The normalized spacial score (nSPS) is 10.6. The van der Waals surface area contributed by atoms with E-state index in [2.05, 4.69) is 31.4 Å². The van der Waals surface area contributed by atoms with E-state index in [9.17, 15) is 4.39 Å². The Labute approximate surface area is 101 Å². The molecular formula is C14H17FN2. The summed E-state index contributed by atoms with van der Waals surface area (Å²) in [6.07, 6.45) is 0. The molecule has 2 rings (SSSR count). The van der Waals surface area contributed by atoms with Gasteiger partial charge in [0.25, 0.3) is 0 Å². The van der Waals surface area contributed by atoms with Crippen molar-refractivity contribution >= 4 is 0 Å². The van der Waals surface area contributed by atoms with Crippen molar-refractivity contribution in [2.24, 2.45) is 0 Å². The Morgan fingerprint density at radius 3 is 2.29 bits per heavy atom. The Kier molecular flexibility index (Phi) is 3.18. The van der Waals surface area contributed by atoms with E-state index < -0.39 is 0 Å². The third-order valence-electron chi connectivity index (χ3n) is 3.00. The topological polar surface area (TPSA) is 17.0 Å². The number of halogens is 1. The summed E-state index contributed by atoms with van der Waals surface area (Å²) in [6.45, 7) is 6.73. The molecule has 90 valence electrons. The van der Waals surface area contributed by atoms with Crippen LogP contribution in [0.1, 0.15) is 22.5 Å². The average molecular weight is 232 g/mol. The van der Waals surface area contributed by atoms with Gasteiger partial charge in [-0.25, -0.2) is 4.39 Å². The van der Waals surface area contributed by atoms with E-state index in [4.69, 9.17) is 0 Å². The van der Waals surface area contributed by atoms with Crippen LogP contribution < -0.4 is 5.43 Å². The summed E-state index contributed by atoms with van der Waals surface area (Å²) >= 11 is 0. The van der Waals surface area contributed by atoms with Crippen LogP contribution in [0.5, 0.6) is 0 Å². The molecule has 0 fully saturated rings. The summed E-state index contributed by atoms with van der Waals surface area (Å²) in [7, 11) is 0. The van der Waals surface area contributed by atoms with Gasteiger partial charge in [0, 0.05) is 11.4 Å². The molecule has 0 aliphatic rings. The highest BCUT2D eigenvalue weighted by Gasteiger charge is 2.02. The van der Waals surface area contributed by atoms with E-state index in [1.54, 1.807) is 6.07 Å². The van der Waals surface area contributed by atoms with Gasteiger partial charge in [0.05, 0.1) is 6.54 Å². The molecule has 0 radical (unpaired) electrons. The Hall–Kier alpha value is -1.77. The number of rotatable bonds is 3. The monoisotopic (exact) mass is 232 g/mol. The molecular weight excluding hydrogens is 215 g/mol. The van der Waals surface area contributed by atoms with Crippen LogP contribution in [-0.2, 0) is 6.54 Å². The average Bonchev–Trinajstić information content (AvgIpc) is 2.58. The number of aryl methyl sites for hydroxylation is 3. The summed E-state index contributed by atoms with van der Waals surface area (Å²) in [4.78, 5) is 0. The number of aromatic nitrogens is 1. The zero-order valence-corrected chi connectivity index (χ0v) is 10.4. The van der Waals surface area contributed by atoms with Crippen LogP contribution in [-0.4, -0.2) is 4.68 Å². The van der Waals surface area contributed by atoms with Crippen LogP contribution in [0.25, 0.3) is 0 Å². The van der Waals surface area contributed by atoms with Gasteiger partial charge in [0.15, 0.2) is 0 Å². The fraction of sp³-hybridized carbons (Fsp3) is 0.286. The minimum atomic E-state index is -0.181. The molecule has 0 aliphatic heterocycles. The first-order valence-corrected chi connectivity index (χ1v) is 5.72. The van der Waals surface area contributed by atoms with Gasteiger partial charge in [-0.1, -0.05) is 6.07 Å². The molecule has 0 saturated heterocycles. The van der Waals surface area contributed by atoms with Gasteiger partial charge in [-0.05, 0) is 56.2 Å². The second-order valence-electron chi connectivity index (χ2n) is 4.36. The largest absolute Gasteiger partial charge is 0.322 e. The molecule has 2 nitrogen and oxygen atoms in total. The first-order valence-electron chi connectivity index (χ1n) is 5.72. The van der Waals surface area contributed by atoms with Gasteiger partial charge in [-0.2, -0.15) is 0 Å². The summed E-state index contributed by atoms with van der Waals surface area (Å²) in [5.41, 5.74) is 7.75. The molecule has 0 amide bonds. The van der Waals surface area contributed by atoms with Crippen molar-refractivity contribution in [1.29, 1.82) is 0 Å². The Morgan fingerprint density at radius 1 is 1.06 bits per heavy atom. The highest BCUT2D eigenvalue weighted by Crippen LogP contribution is 2.11. The summed E-state index contributed by atoms with van der Waals surface area (Å²) in [5.74, 6) is -0.181. The second-order valence-corrected chi connectivity index (χ2v) is 4.36. The number of benzene rings is 1. The van der Waals surface area contributed by atoms with Gasteiger partial charge in [-0.15, -0.1) is 0 Å². The smallest absolute Gasteiger partial charge is 0.123 e. The maximum absolute atomic E-state index is 13.0. The minimum Gasteiger partial charge on any atom is -0.322 e.